The standard InChI is InChI=1S/C23H28N4O6S/c1-15-24-16(14-34-15)12-20(29)26-7-5-17-22(23(31)32-2)18(13-21(30)27(17)9-8-26)33-11-10-25-6-3-4-19(25)28/h13-14H,3-12H2,1-2H3. The van der Waals surface area contributed by atoms with Gasteiger partial charge in [0.15, 0.2) is 0 Å². The summed E-state index contributed by atoms with van der Waals surface area (Å²) in [6.07, 6.45) is 1.86. The predicted octanol–water partition coefficient (Wildman–Crippen LogP) is 1.03. The Bertz CT molecular complexity index is 1160. The number of aryl methyl sites for hydroxylation is 1. The quantitative estimate of drug-likeness (QED) is 0.535. The summed E-state index contributed by atoms with van der Waals surface area (Å²) in [6, 6.07) is 1.29. The van der Waals surface area contributed by atoms with E-state index in [1.54, 1.807) is 9.80 Å². The number of aromatic nitrogens is 2. The average Bonchev–Trinajstić information content (AvgIpc) is 3.33. The molecule has 4 rings (SSSR count). The monoisotopic (exact) mass is 488 g/mol. The molecule has 2 aliphatic heterocycles. The minimum Gasteiger partial charge on any atom is -0.491 e. The Labute approximate surface area is 201 Å². The van der Waals surface area contributed by atoms with E-state index in [0.717, 1.165) is 17.1 Å². The van der Waals surface area contributed by atoms with Crippen molar-refractivity contribution in [2.24, 2.45) is 0 Å². The number of hydrogen-bond donors (Lipinski definition) is 0. The van der Waals surface area contributed by atoms with Gasteiger partial charge in [-0.15, -0.1) is 11.3 Å². The normalized spacial score (nSPS) is 15.8. The zero-order valence-electron chi connectivity index (χ0n) is 19.4. The van der Waals surface area contributed by atoms with E-state index in [9.17, 15) is 19.2 Å². The Morgan fingerprint density at radius 1 is 1.15 bits per heavy atom. The van der Waals surface area contributed by atoms with Gasteiger partial charge in [-0.2, -0.15) is 0 Å². The van der Waals surface area contributed by atoms with Gasteiger partial charge in [-0.3, -0.25) is 14.4 Å². The van der Waals surface area contributed by atoms with Crippen LogP contribution < -0.4 is 10.3 Å². The number of fused-ring (bicyclic) bond motifs is 1. The van der Waals surface area contributed by atoms with Gasteiger partial charge in [0.1, 0.15) is 17.9 Å². The van der Waals surface area contributed by atoms with E-state index in [0.29, 0.717) is 44.7 Å². The van der Waals surface area contributed by atoms with Crippen molar-refractivity contribution in [2.45, 2.75) is 39.2 Å². The second-order valence-electron chi connectivity index (χ2n) is 8.31. The summed E-state index contributed by atoms with van der Waals surface area (Å²) >= 11 is 1.50. The van der Waals surface area contributed by atoms with Gasteiger partial charge in [-0.05, 0) is 13.3 Å². The maximum atomic E-state index is 12.9. The topological polar surface area (TPSA) is 111 Å². The molecule has 0 saturated carbocycles. The summed E-state index contributed by atoms with van der Waals surface area (Å²) < 4.78 is 12.3. The highest BCUT2D eigenvalue weighted by molar-refractivity contribution is 7.09. The van der Waals surface area contributed by atoms with Gasteiger partial charge in [0.25, 0.3) is 5.56 Å². The van der Waals surface area contributed by atoms with Gasteiger partial charge in [0.2, 0.25) is 11.8 Å². The van der Waals surface area contributed by atoms with Crippen LogP contribution in [0.2, 0.25) is 0 Å². The van der Waals surface area contributed by atoms with E-state index < -0.39 is 5.97 Å². The lowest BCUT2D eigenvalue weighted by molar-refractivity contribution is -0.130. The van der Waals surface area contributed by atoms with E-state index in [-0.39, 0.29) is 48.3 Å². The largest absolute Gasteiger partial charge is 0.491 e. The highest BCUT2D eigenvalue weighted by Crippen LogP contribution is 2.24. The minimum atomic E-state index is -0.603. The van der Waals surface area contributed by atoms with E-state index in [4.69, 9.17) is 9.47 Å². The van der Waals surface area contributed by atoms with Gasteiger partial charge in [-0.25, -0.2) is 9.78 Å². The highest BCUT2D eigenvalue weighted by atomic mass is 32.1. The van der Waals surface area contributed by atoms with E-state index >= 15 is 0 Å². The first-order valence-electron chi connectivity index (χ1n) is 11.3. The van der Waals surface area contributed by atoms with Crippen molar-refractivity contribution in [1.82, 2.24) is 19.4 Å². The molecule has 2 amide bonds. The van der Waals surface area contributed by atoms with Crippen LogP contribution in [0.3, 0.4) is 0 Å². The fourth-order valence-corrected chi connectivity index (χ4v) is 5.01. The second kappa shape index (κ2) is 10.4. The number of carbonyl (C=O) groups excluding carboxylic acids is 3. The van der Waals surface area contributed by atoms with E-state index in [2.05, 4.69) is 4.98 Å². The Morgan fingerprint density at radius 3 is 2.65 bits per heavy atom. The number of hydrogen-bond acceptors (Lipinski definition) is 8. The third kappa shape index (κ3) is 5.14. The maximum absolute atomic E-state index is 12.9. The third-order valence-corrected chi connectivity index (χ3v) is 6.95. The number of nitrogens with zero attached hydrogens (tertiary/aromatic N) is 4. The Morgan fingerprint density at radius 2 is 1.97 bits per heavy atom. The Hall–Kier alpha value is -3.21. The molecular weight excluding hydrogens is 460 g/mol. The molecule has 10 nitrogen and oxygen atoms in total. The molecule has 182 valence electrons. The minimum absolute atomic E-state index is 0.0717. The molecule has 0 atom stereocenters. The first-order valence-corrected chi connectivity index (χ1v) is 12.2. The van der Waals surface area contributed by atoms with Crippen LogP contribution in [0.5, 0.6) is 5.75 Å². The van der Waals surface area contributed by atoms with Crippen molar-refractivity contribution in [3.63, 3.8) is 0 Å². The molecule has 0 aliphatic carbocycles. The number of likely N-dealkylation sites (tertiary alicyclic amines) is 1. The van der Waals surface area contributed by atoms with Gasteiger partial charge in [0.05, 0.1) is 30.8 Å². The first kappa shape index (κ1) is 23.9. The van der Waals surface area contributed by atoms with Crippen molar-refractivity contribution < 1.29 is 23.9 Å². The number of carbonyl (C=O) groups is 3. The molecule has 2 aliphatic rings. The number of amides is 2. The lowest BCUT2D eigenvalue weighted by Crippen LogP contribution is -2.35. The van der Waals surface area contributed by atoms with Crippen molar-refractivity contribution in [1.29, 1.82) is 0 Å². The molecule has 11 heteroatoms. The van der Waals surface area contributed by atoms with Crippen molar-refractivity contribution in [3.8, 4) is 5.75 Å². The fourth-order valence-electron chi connectivity index (χ4n) is 4.40. The molecule has 1 saturated heterocycles. The number of rotatable bonds is 7. The number of ether oxygens (including phenoxy) is 2. The average molecular weight is 489 g/mol. The van der Waals surface area contributed by atoms with Crippen LogP contribution in [0.15, 0.2) is 16.2 Å². The van der Waals surface area contributed by atoms with Gasteiger partial charge >= 0.3 is 5.97 Å². The maximum Gasteiger partial charge on any atom is 0.343 e. The van der Waals surface area contributed by atoms with Crippen LogP contribution in [0.4, 0.5) is 0 Å². The fraction of sp³-hybridized carbons (Fsp3) is 0.522. The van der Waals surface area contributed by atoms with Crippen molar-refractivity contribution >= 4 is 29.1 Å². The summed E-state index contributed by atoms with van der Waals surface area (Å²) in [5.41, 5.74) is 1.11. The summed E-state index contributed by atoms with van der Waals surface area (Å²) in [5, 5.41) is 2.78. The predicted molar refractivity (Wildman–Crippen MR) is 124 cm³/mol. The molecule has 0 unspecified atom stereocenters. The Kier molecular flexibility index (Phi) is 7.30. The van der Waals surface area contributed by atoms with Gasteiger partial charge in [0, 0.05) is 56.2 Å². The summed E-state index contributed by atoms with van der Waals surface area (Å²) in [5.74, 6) is -0.449. The third-order valence-electron chi connectivity index (χ3n) is 6.12. The molecule has 0 bridgehead atoms. The van der Waals surface area contributed by atoms with E-state index in [1.165, 1.54) is 29.1 Å². The molecule has 0 radical (unpaired) electrons. The SMILES string of the molecule is COC(=O)c1c(OCCN2CCCC2=O)cc(=O)n2c1CCN(C(=O)Cc1csc(C)n1)CC2. The van der Waals surface area contributed by atoms with Crippen LogP contribution in [0.25, 0.3) is 0 Å². The zero-order valence-corrected chi connectivity index (χ0v) is 20.2. The smallest absolute Gasteiger partial charge is 0.343 e. The van der Waals surface area contributed by atoms with Crippen LogP contribution in [0, 0.1) is 6.92 Å². The first-order chi connectivity index (χ1) is 16.4. The van der Waals surface area contributed by atoms with Gasteiger partial charge in [-0.1, -0.05) is 0 Å². The number of methoxy groups -OCH3 is 1. The number of thiazole rings is 1. The lowest BCUT2D eigenvalue weighted by Gasteiger charge is -2.19. The van der Waals surface area contributed by atoms with Crippen molar-refractivity contribution in [3.05, 3.63) is 43.8 Å². The number of pyridine rings is 1. The van der Waals surface area contributed by atoms with Crippen LogP contribution >= 0.6 is 11.3 Å². The molecule has 34 heavy (non-hydrogen) atoms. The highest BCUT2D eigenvalue weighted by Gasteiger charge is 2.28. The zero-order chi connectivity index (χ0) is 24.2. The second-order valence-corrected chi connectivity index (χ2v) is 9.37. The van der Waals surface area contributed by atoms with Gasteiger partial charge < -0.3 is 23.8 Å². The summed E-state index contributed by atoms with van der Waals surface area (Å²) in [7, 11) is 1.28. The van der Waals surface area contributed by atoms with Crippen LogP contribution in [-0.4, -0.2) is 77.0 Å². The molecule has 0 spiro atoms. The molecule has 4 heterocycles. The summed E-state index contributed by atoms with van der Waals surface area (Å²) in [4.78, 5) is 58.0. The Balaban J connectivity index is 1.52. The molecule has 2 aromatic heterocycles. The van der Waals surface area contributed by atoms with Crippen molar-refractivity contribution in [2.75, 3.05) is 39.9 Å². The molecule has 1 fully saturated rings. The lowest BCUT2D eigenvalue weighted by atomic mass is 10.1. The van der Waals surface area contributed by atoms with E-state index in [1.807, 2.05) is 12.3 Å². The summed E-state index contributed by atoms with van der Waals surface area (Å²) in [6.45, 7) is 4.10. The number of esters is 1. The molecule has 2 aromatic rings. The molecular formula is C23H28N4O6S. The van der Waals surface area contributed by atoms with Crippen LogP contribution in [0.1, 0.15) is 39.6 Å². The molecule has 0 aromatic carbocycles. The van der Waals surface area contributed by atoms with Crippen LogP contribution in [-0.2, 0) is 33.7 Å². The molecule has 0 N–H and O–H groups in total.